The number of anilines is 1. The fourth-order valence-corrected chi connectivity index (χ4v) is 2.77. The first-order valence-corrected chi connectivity index (χ1v) is 6.64. The highest BCUT2D eigenvalue weighted by Crippen LogP contribution is 2.34. The Morgan fingerprint density at radius 2 is 2.21 bits per heavy atom. The Labute approximate surface area is 113 Å². The van der Waals surface area contributed by atoms with Crippen LogP contribution in [0.15, 0.2) is 18.3 Å². The van der Waals surface area contributed by atoms with E-state index in [1.165, 1.54) is 6.42 Å². The first kappa shape index (κ1) is 13.6. The molecule has 1 aliphatic carbocycles. The van der Waals surface area contributed by atoms with E-state index in [1.54, 1.807) is 19.4 Å². The molecule has 0 amide bonds. The molecule has 2 rings (SSSR count). The molecule has 1 saturated carbocycles. The molecule has 1 aromatic heterocycles. The average molecular weight is 264 g/mol. The summed E-state index contributed by atoms with van der Waals surface area (Å²) in [7, 11) is 1.57. The number of aliphatic carboxylic acids is 1. The normalized spacial score (nSPS) is 17.7. The van der Waals surface area contributed by atoms with E-state index in [4.69, 9.17) is 9.84 Å². The van der Waals surface area contributed by atoms with Crippen molar-refractivity contribution in [1.82, 2.24) is 4.98 Å². The minimum Gasteiger partial charge on any atom is -0.481 e. The number of carboxylic acid groups (broad SMARTS) is 1. The summed E-state index contributed by atoms with van der Waals surface area (Å²) in [6, 6.07) is 3.65. The van der Waals surface area contributed by atoms with Crippen molar-refractivity contribution in [2.75, 3.05) is 12.4 Å². The number of carbonyl (C=O) groups is 1. The van der Waals surface area contributed by atoms with Crippen molar-refractivity contribution in [2.45, 2.75) is 44.1 Å². The lowest BCUT2D eigenvalue weighted by atomic mass is 9.79. The molecule has 1 heterocycles. The van der Waals surface area contributed by atoms with E-state index in [2.05, 4.69) is 10.3 Å². The van der Waals surface area contributed by atoms with Crippen molar-refractivity contribution in [3.63, 3.8) is 0 Å². The zero-order chi connectivity index (χ0) is 13.7. The molecular weight excluding hydrogens is 244 g/mol. The van der Waals surface area contributed by atoms with E-state index in [1.807, 2.05) is 6.07 Å². The summed E-state index contributed by atoms with van der Waals surface area (Å²) in [5, 5.41) is 12.5. The largest absolute Gasteiger partial charge is 0.481 e. The Hall–Kier alpha value is -1.78. The predicted octanol–water partition coefficient (Wildman–Crippen LogP) is 2.68. The molecule has 0 saturated heterocycles. The Bertz CT molecular complexity index is 442. The lowest BCUT2D eigenvalue weighted by Crippen LogP contribution is -2.42. The van der Waals surface area contributed by atoms with Crippen molar-refractivity contribution < 1.29 is 14.6 Å². The van der Waals surface area contributed by atoms with Gasteiger partial charge in [-0.15, -0.1) is 0 Å². The third kappa shape index (κ3) is 3.59. The number of hydrogen-bond donors (Lipinski definition) is 2. The van der Waals surface area contributed by atoms with Gasteiger partial charge >= 0.3 is 5.97 Å². The van der Waals surface area contributed by atoms with Crippen molar-refractivity contribution in [1.29, 1.82) is 0 Å². The van der Waals surface area contributed by atoms with Gasteiger partial charge in [-0.25, -0.2) is 4.98 Å². The van der Waals surface area contributed by atoms with Crippen LogP contribution in [0.4, 0.5) is 5.69 Å². The first-order valence-electron chi connectivity index (χ1n) is 6.64. The van der Waals surface area contributed by atoms with Gasteiger partial charge in [0, 0.05) is 23.5 Å². The quantitative estimate of drug-likeness (QED) is 0.855. The maximum atomic E-state index is 11.1. The van der Waals surface area contributed by atoms with Crippen LogP contribution in [0.1, 0.15) is 38.5 Å². The Morgan fingerprint density at radius 3 is 2.84 bits per heavy atom. The molecule has 0 radical (unpaired) electrons. The predicted molar refractivity (Wildman–Crippen MR) is 72.5 cm³/mol. The highest BCUT2D eigenvalue weighted by atomic mass is 16.5. The molecule has 1 fully saturated rings. The van der Waals surface area contributed by atoms with Crippen LogP contribution < -0.4 is 10.1 Å². The topological polar surface area (TPSA) is 71.5 Å². The molecule has 1 aliphatic rings. The van der Waals surface area contributed by atoms with Crippen molar-refractivity contribution in [3.8, 4) is 5.88 Å². The molecule has 0 aliphatic heterocycles. The second-order valence-corrected chi connectivity index (χ2v) is 5.12. The zero-order valence-electron chi connectivity index (χ0n) is 11.2. The minimum atomic E-state index is -0.754. The molecule has 0 atom stereocenters. The maximum Gasteiger partial charge on any atom is 0.305 e. The second kappa shape index (κ2) is 5.91. The molecule has 0 spiro atoms. The summed E-state index contributed by atoms with van der Waals surface area (Å²) >= 11 is 0. The van der Waals surface area contributed by atoms with E-state index in [0.717, 1.165) is 31.4 Å². The first-order chi connectivity index (χ1) is 9.13. The van der Waals surface area contributed by atoms with Crippen molar-refractivity contribution in [3.05, 3.63) is 18.3 Å². The Balaban J connectivity index is 2.16. The van der Waals surface area contributed by atoms with Crippen molar-refractivity contribution in [2.24, 2.45) is 0 Å². The van der Waals surface area contributed by atoms with Gasteiger partial charge in [-0.3, -0.25) is 4.79 Å². The smallest absolute Gasteiger partial charge is 0.305 e. The molecule has 1 aromatic rings. The molecule has 5 nitrogen and oxygen atoms in total. The van der Waals surface area contributed by atoms with Gasteiger partial charge in [-0.2, -0.15) is 0 Å². The number of rotatable bonds is 5. The number of hydrogen-bond acceptors (Lipinski definition) is 4. The van der Waals surface area contributed by atoms with Gasteiger partial charge in [0.25, 0.3) is 0 Å². The van der Waals surface area contributed by atoms with Crippen LogP contribution in [-0.4, -0.2) is 28.7 Å². The van der Waals surface area contributed by atoms with E-state index < -0.39 is 5.97 Å². The van der Waals surface area contributed by atoms with Crippen LogP contribution in [0.25, 0.3) is 0 Å². The third-order valence-electron chi connectivity index (χ3n) is 3.65. The molecule has 5 heteroatoms. The number of aromatic nitrogens is 1. The fourth-order valence-electron chi connectivity index (χ4n) is 2.77. The highest BCUT2D eigenvalue weighted by molar-refractivity contribution is 5.69. The van der Waals surface area contributed by atoms with Gasteiger partial charge in [0.15, 0.2) is 0 Å². The van der Waals surface area contributed by atoms with Crippen LogP contribution >= 0.6 is 0 Å². The second-order valence-electron chi connectivity index (χ2n) is 5.12. The Morgan fingerprint density at radius 1 is 1.47 bits per heavy atom. The van der Waals surface area contributed by atoms with Gasteiger partial charge in [-0.1, -0.05) is 19.3 Å². The van der Waals surface area contributed by atoms with Crippen LogP contribution in [0.5, 0.6) is 5.88 Å². The van der Waals surface area contributed by atoms with Gasteiger partial charge in [-0.05, 0) is 18.9 Å². The number of nitrogens with zero attached hydrogens (tertiary/aromatic N) is 1. The van der Waals surface area contributed by atoms with Gasteiger partial charge in [0.1, 0.15) is 0 Å². The van der Waals surface area contributed by atoms with E-state index >= 15 is 0 Å². The molecule has 104 valence electrons. The molecule has 2 N–H and O–H groups in total. The molecule has 0 bridgehead atoms. The summed E-state index contributed by atoms with van der Waals surface area (Å²) in [5.74, 6) is -0.221. The van der Waals surface area contributed by atoms with Crippen LogP contribution in [0, 0.1) is 0 Å². The van der Waals surface area contributed by atoms with E-state index in [-0.39, 0.29) is 12.0 Å². The molecule has 0 unspecified atom stereocenters. The summed E-state index contributed by atoms with van der Waals surface area (Å²) in [6.07, 6.45) is 6.93. The van der Waals surface area contributed by atoms with E-state index in [0.29, 0.717) is 5.88 Å². The lowest BCUT2D eigenvalue weighted by Gasteiger charge is -2.38. The maximum absolute atomic E-state index is 11.1. The summed E-state index contributed by atoms with van der Waals surface area (Å²) < 4.78 is 5.09. The number of nitrogens with one attached hydrogen (secondary N) is 1. The number of methoxy groups -OCH3 is 1. The summed E-state index contributed by atoms with van der Waals surface area (Å²) in [4.78, 5) is 15.2. The monoisotopic (exact) mass is 264 g/mol. The van der Waals surface area contributed by atoms with Crippen LogP contribution in [0.3, 0.4) is 0 Å². The van der Waals surface area contributed by atoms with Crippen molar-refractivity contribution >= 4 is 11.7 Å². The summed E-state index contributed by atoms with van der Waals surface area (Å²) in [6.45, 7) is 0. The standard InChI is InChI=1S/C14H20N2O3/c1-19-12-9-11(5-8-15-12)16-14(10-13(17)18)6-3-2-4-7-14/h5,8-9H,2-4,6-7,10H2,1H3,(H,15,16)(H,17,18). The fraction of sp³-hybridized carbons (Fsp3) is 0.571. The van der Waals surface area contributed by atoms with Gasteiger partial charge < -0.3 is 15.2 Å². The molecular formula is C14H20N2O3. The lowest BCUT2D eigenvalue weighted by molar-refractivity contribution is -0.138. The number of pyridine rings is 1. The number of ether oxygens (including phenoxy) is 1. The van der Waals surface area contributed by atoms with Gasteiger partial charge in [0.2, 0.25) is 5.88 Å². The number of carboxylic acids is 1. The molecule has 19 heavy (non-hydrogen) atoms. The van der Waals surface area contributed by atoms with Crippen LogP contribution in [-0.2, 0) is 4.79 Å². The average Bonchev–Trinajstić information content (AvgIpc) is 2.39. The third-order valence-corrected chi connectivity index (χ3v) is 3.65. The zero-order valence-corrected chi connectivity index (χ0v) is 11.2. The summed E-state index contributed by atoms with van der Waals surface area (Å²) in [5.41, 5.74) is 0.534. The molecule has 0 aromatic carbocycles. The minimum absolute atomic E-state index is 0.150. The van der Waals surface area contributed by atoms with E-state index in [9.17, 15) is 4.79 Å². The van der Waals surface area contributed by atoms with Gasteiger partial charge in [0.05, 0.1) is 13.5 Å². The Kier molecular flexibility index (Phi) is 4.24. The van der Waals surface area contributed by atoms with Crippen LogP contribution in [0.2, 0.25) is 0 Å². The SMILES string of the molecule is COc1cc(NC2(CC(=O)O)CCCCC2)ccn1. The highest BCUT2D eigenvalue weighted by Gasteiger charge is 2.34.